The topological polar surface area (TPSA) is 29.5 Å². The van der Waals surface area contributed by atoms with E-state index >= 15 is 0 Å². The number of rotatable bonds is 4. The number of methoxy groups -OCH3 is 1. The number of hydrogen-bond acceptors (Lipinski definition) is 2. The average Bonchev–Trinajstić information content (AvgIpc) is 2.40. The number of benzene rings is 2. The van der Waals surface area contributed by atoms with Crippen molar-refractivity contribution in [2.75, 3.05) is 13.7 Å². The molecule has 0 aliphatic heterocycles. The van der Waals surface area contributed by atoms with Gasteiger partial charge in [0.2, 0.25) is 0 Å². The summed E-state index contributed by atoms with van der Waals surface area (Å²) in [7, 11) is 1.67. The average molecular weight is 228 g/mol. The maximum Gasteiger partial charge on any atom is 0.118 e. The largest absolute Gasteiger partial charge is 0.497 e. The third kappa shape index (κ3) is 2.86. The van der Waals surface area contributed by atoms with Crippen molar-refractivity contribution in [3.8, 4) is 16.9 Å². The van der Waals surface area contributed by atoms with Gasteiger partial charge in [0.05, 0.1) is 7.11 Å². The monoisotopic (exact) mass is 228 g/mol. The van der Waals surface area contributed by atoms with Gasteiger partial charge in [0.1, 0.15) is 5.75 Å². The van der Waals surface area contributed by atoms with Crippen LogP contribution in [0.25, 0.3) is 11.1 Å². The van der Waals surface area contributed by atoms with E-state index in [1.54, 1.807) is 7.11 Å². The van der Waals surface area contributed by atoms with E-state index in [9.17, 15) is 0 Å². The Bertz CT molecular complexity index is 457. The first-order chi connectivity index (χ1) is 8.33. The van der Waals surface area contributed by atoms with E-state index in [1.807, 2.05) is 24.3 Å². The highest BCUT2D eigenvalue weighted by Crippen LogP contribution is 2.22. The molecule has 0 bridgehead atoms. The molecule has 2 rings (SSSR count). The molecule has 0 atom stereocenters. The van der Waals surface area contributed by atoms with Crippen LogP contribution in [-0.2, 0) is 6.42 Å². The minimum Gasteiger partial charge on any atom is -0.497 e. The molecule has 2 nitrogen and oxygen atoms in total. The first-order valence-corrected chi connectivity index (χ1v) is 5.67. The van der Waals surface area contributed by atoms with Crippen LogP contribution in [0.2, 0.25) is 0 Å². The Hall–Kier alpha value is -1.80. The fourth-order valence-corrected chi connectivity index (χ4v) is 1.78. The fourth-order valence-electron chi connectivity index (χ4n) is 1.78. The van der Waals surface area contributed by atoms with Crippen LogP contribution in [0.4, 0.5) is 0 Å². The summed E-state index contributed by atoms with van der Waals surface area (Å²) in [5.41, 5.74) is 3.50. The summed E-state index contributed by atoms with van der Waals surface area (Å²) in [5.74, 6) is 0.866. The van der Waals surface area contributed by atoms with Crippen LogP contribution in [0, 0.1) is 0 Å². The zero-order chi connectivity index (χ0) is 12.1. The van der Waals surface area contributed by atoms with E-state index in [4.69, 9.17) is 9.84 Å². The first kappa shape index (κ1) is 11.7. The van der Waals surface area contributed by atoms with E-state index in [0.717, 1.165) is 11.3 Å². The SMILES string of the molecule is COc1ccc(-c2ccc(CCO)cc2)cc1. The molecule has 0 spiro atoms. The molecule has 0 aliphatic rings. The molecule has 88 valence electrons. The predicted molar refractivity (Wildman–Crippen MR) is 69.2 cm³/mol. The lowest BCUT2D eigenvalue weighted by Crippen LogP contribution is -1.89. The van der Waals surface area contributed by atoms with Gasteiger partial charge in [0.25, 0.3) is 0 Å². The Labute approximate surface area is 101 Å². The van der Waals surface area contributed by atoms with Crippen molar-refractivity contribution in [2.45, 2.75) is 6.42 Å². The Morgan fingerprint density at radius 2 is 1.41 bits per heavy atom. The molecule has 0 heterocycles. The summed E-state index contributed by atoms with van der Waals surface area (Å²) in [4.78, 5) is 0. The molecule has 2 aromatic carbocycles. The van der Waals surface area contributed by atoms with E-state index in [0.29, 0.717) is 6.42 Å². The lowest BCUT2D eigenvalue weighted by atomic mass is 10.0. The molecule has 2 heteroatoms. The van der Waals surface area contributed by atoms with Gasteiger partial charge in [-0.05, 0) is 35.2 Å². The van der Waals surface area contributed by atoms with Crippen molar-refractivity contribution in [2.24, 2.45) is 0 Å². The molecule has 0 saturated heterocycles. The highest BCUT2D eigenvalue weighted by Gasteiger charge is 1.98. The lowest BCUT2D eigenvalue weighted by molar-refractivity contribution is 0.299. The molecule has 0 saturated carbocycles. The summed E-state index contributed by atoms with van der Waals surface area (Å²) < 4.78 is 5.13. The highest BCUT2D eigenvalue weighted by molar-refractivity contribution is 5.64. The maximum absolute atomic E-state index is 8.85. The molecule has 0 unspecified atom stereocenters. The summed E-state index contributed by atoms with van der Waals surface area (Å²) in [6.45, 7) is 0.196. The van der Waals surface area contributed by atoms with Gasteiger partial charge in [-0.25, -0.2) is 0 Å². The molecule has 2 aromatic rings. The zero-order valence-corrected chi connectivity index (χ0v) is 9.89. The van der Waals surface area contributed by atoms with Crippen LogP contribution >= 0.6 is 0 Å². The van der Waals surface area contributed by atoms with E-state index in [-0.39, 0.29) is 6.61 Å². The second-order valence-electron chi connectivity index (χ2n) is 3.90. The van der Waals surface area contributed by atoms with Crippen molar-refractivity contribution < 1.29 is 9.84 Å². The normalized spacial score (nSPS) is 10.2. The van der Waals surface area contributed by atoms with Crippen LogP contribution in [0.15, 0.2) is 48.5 Å². The molecule has 0 amide bonds. The van der Waals surface area contributed by atoms with Gasteiger partial charge in [-0.2, -0.15) is 0 Å². The lowest BCUT2D eigenvalue weighted by Gasteiger charge is -2.05. The zero-order valence-electron chi connectivity index (χ0n) is 9.89. The Morgan fingerprint density at radius 1 is 0.882 bits per heavy atom. The molecule has 17 heavy (non-hydrogen) atoms. The molecule has 0 radical (unpaired) electrons. The number of ether oxygens (including phenoxy) is 1. The smallest absolute Gasteiger partial charge is 0.118 e. The molecule has 0 aliphatic carbocycles. The van der Waals surface area contributed by atoms with Crippen LogP contribution in [-0.4, -0.2) is 18.8 Å². The van der Waals surface area contributed by atoms with E-state index in [1.165, 1.54) is 11.1 Å². The Morgan fingerprint density at radius 3 is 1.88 bits per heavy atom. The summed E-state index contributed by atoms with van der Waals surface area (Å²) in [5, 5.41) is 8.85. The van der Waals surface area contributed by atoms with Crippen molar-refractivity contribution in [3.63, 3.8) is 0 Å². The standard InChI is InChI=1S/C15H16O2/c1-17-15-8-6-14(7-9-15)13-4-2-12(3-5-13)10-11-16/h2-9,16H,10-11H2,1H3. The molecule has 0 aromatic heterocycles. The third-order valence-corrected chi connectivity index (χ3v) is 2.78. The van der Waals surface area contributed by atoms with Gasteiger partial charge in [-0.1, -0.05) is 36.4 Å². The van der Waals surface area contributed by atoms with Crippen molar-refractivity contribution in [1.82, 2.24) is 0 Å². The second kappa shape index (κ2) is 5.51. The number of hydrogen-bond donors (Lipinski definition) is 1. The summed E-state index contributed by atoms with van der Waals surface area (Å²) >= 11 is 0. The summed E-state index contributed by atoms with van der Waals surface area (Å²) in [6.07, 6.45) is 0.711. The Balaban J connectivity index is 2.20. The maximum atomic E-state index is 8.85. The van der Waals surface area contributed by atoms with Gasteiger partial charge in [0, 0.05) is 6.61 Å². The minimum atomic E-state index is 0.196. The fraction of sp³-hybridized carbons (Fsp3) is 0.200. The quantitative estimate of drug-likeness (QED) is 0.871. The van der Waals surface area contributed by atoms with Crippen LogP contribution < -0.4 is 4.74 Å². The van der Waals surface area contributed by atoms with Crippen molar-refractivity contribution in [1.29, 1.82) is 0 Å². The second-order valence-corrected chi connectivity index (χ2v) is 3.90. The molecule has 0 fully saturated rings. The van der Waals surface area contributed by atoms with Gasteiger partial charge >= 0.3 is 0 Å². The molecular weight excluding hydrogens is 212 g/mol. The highest BCUT2D eigenvalue weighted by atomic mass is 16.5. The summed E-state index contributed by atoms with van der Waals surface area (Å²) in [6, 6.07) is 16.2. The van der Waals surface area contributed by atoms with Gasteiger partial charge in [-0.3, -0.25) is 0 Å². The van der Waals surface area contributed by atoms with Crippen molar-refractivity contribution >= 4 is 0 Å². The van der Waals surface area contributed by atoms with Gasteiger partial charge in [-0.15, -0.1) is 0 Å². The van der Waals surface area contributed by atoms with Crippen molar-refractivity contribution in [3.05, 3.63) is 54.1 Å². The molecular formula is C15H16O2. The van der Waals surface area contributed by atoms with Crippen LogP contribution in [0.1, 0.15) is 5.56 Å². The van der Waals surface area contributed by atoms with E-state index in [2.05, 4.69) is 24.3 Å². The number of aliphatic hydroxyl groups is 1. The predicted octanol–water partition coefficient (Wildman–Crippen LogP) is 2.90. The Kier molecular flexibility index (Phi) is 3.78. The van der Waals surface area contributed by atoms with Gasteiger partial charge in [0.15, 0.2) is 0 Å². The van der Waals surface area contributed by atoms with Crippen LogP contribution in [0.5, 0.6) is 5.75 Å². The number of aliphatic hydroxyl groups excluding tert-OH is 1. The minimum absolute atomic E-state index is 0.196. The van der Waals surface area contributed by atoms with Crippen LogP contribution in [0.3, 0.4) is 0 Å². The van der Waals surface area contributed by atoms with Gasteiger partial charge < -0.3 is 9.84 Å². The first-order valence-electron chi connectivity index (χ1n) is 5.67. The third-order valence-electron chi connectivity index (χ3n) is 2.78. The molecule has 1 N–H and O–H groups in total. The van der Waals surface area contributed by atoms with E-state index < -0.39 is 0 Å².